The number of aryl methyl sites for hydroxylation is 1. The number of rotatable bonds is 12. The third kappa shape index (κ3) is 11.4. The van der Waals surface area contributed by atoms with E-state index in [0.717, 1.165) is 40.7 Å². The van der Waals surface area contributed by atoms with Crippen LogP contribution in [-0.2, 0) is 39.0 Å². The topological polar surface area (TPSA) is 119 Å². The van der Waals surface area contributed by atoms with Crippen LogP contribution in [0.5, 0.6) is 5.75 Å². The lowest BCUT2D eigenvalue weighted by Gasteiger charge is -2.18. The van der Waals surface area contributed by atoms with E-state index in [1.807, 2.05) is 63.2 Å². The van der Waals surface area contributed by atoms with Crippen LogP contribution in [-0.4, -0.2) is 50.1 Å². The van der Waals surface area contributed by atoms with Crippen molar-refractivity contribution in [1.82, 2.24) is 5.32 Å². The molecule has 44 heavy (non-hydrogen) atoms. The summed E-state index contributed by atoms with van der Waals surface area (Å²) in [4.78, 5) is 24.9. The van der Waals surface area contributed by atoms with Gasteiger partial charge in [0.25, 0.3) is 5.91 Å². The smallest absolute Gasteiger partial charge is 0.326 e. The highest BCUT2D eigenvalue weighted by Gasteiger charge is 2.24. The Bertz CT molecular complexity index is 1480. The number of ether oxygens (including phenoxy) is 2. The summed E-state index contributed by atoms with van der Waals surface area (Å²) in [5, 5.41) is 12.0. The molecule has 2 N–H and O–H groups in total. The van der Waals surface area contributed by atoms with Gasteiger partial charge in [0.1, 0.15) is 21.6 Å². The fourth-order valence-electron chi connectivity index (χ4n) is 4.42. The molecule has 0 bridgehead atoms. The molecule has 8 nitrogen and oxygen atoms in total. The van der Waals surface area contributed by atoms with Crippen LogP contribution in [0.25, 0.3) is 11.1 Å². The van der Waals surface area contributed by atoms with Crippen molar-refractivity contribution in [3.63, 3.8) is 0 Å². The Morgan fingerprint density at radius 2 is 1.59 bits per heavy atom. The molecule has 1 unspecified atom stereocenters. The van der Waals surface area contributed by atoms with E-state index in [0.29, 0.717) is 30.9 Å². The third-order valence-corrected chi connectivity index (χ3v) is 7.91. The first-order valence-corrected chi connectivity index (χ1v) is 17.3. The molecule has 3 aromatic carbocycles. The highest BCUT2D eigenvalue weighted by Crippen LogP contribution is 2.29. The van der Waals surface area contributed by atoms with Crippen LogP contribution in [0.1, 0.15) is 79.6 Å². The van der Waals surface area contributed by atoms with E-state index in [4.69, 9.17) is 9.47 Å². The monoisotopic (exact) mass is 625 g/mol. The van der Waals surface area contributed by atoms with Gasteiger partial charge < -0.3 is 19.9 Å². The summed E-state index contributed by atoms with van der Waals surface area (Å²) in [6, 6.07) is 17.6. The molecule has 0 spiro atoms. The summed E-state index contributed by atoms with van der Waals surface area (Å²) in [6.45, 7) is 11.7. The van der Waals surface area contributed by atoms with Gasteiger partial charge in [-0.2, -0.15) is 0 Å². The largest absolute Gasteiger partial charge is 0.493 e. The average molecular weight is 626 g/mol. The Morgan fingerprint density at radius 1 is 0.955 bits per heavy atom. The van der Waals surface area contributed by atoms with Crippen LogP contribution in [0.4, 0.5) is 0 Å². The number of carboxylic acids is 1. The molecule has 0 aromatic heterocycles. The number of hydrogen-bond donors (Lipinski definition) is 2. The van der Waals surface area contributed by atoms with Crippen molar-refractivity contribution in [1.29, 1.82) is 0 Å². The minimum Gasteiger partial charge on any atom is -0.493 e. The van der Waals surface area contributed by atoms with Crippen LogP contribution < -0.4 is 10.1 Å². The Kier molecular flexibility index (Phi) is 15.1. The van der Waals surface area contributed by atoms with Gasteiger partial charge in [-0.3, -0.25) is 4.79 Å². The molecular formula is C35H47NO7S. The number of carbonyl (C=O) groups is 2. The number of benzene rings is 3. The fraction of sp³-hybridized carbons (Fsp3) is 0.429. The fourth-order valence-corrected chi connectivity index (χ4v) is 5.08. The maximum atomic E-state index is 13.2. The number of hydrogen-bond acceptors (Lipinski definition) is 6. The number of nitrogens with one attached hydrogen (secondary N) is 1. The van der Waals surface area contributed by atoms with Crippen LogP contribution in [0.2, 0.25) is 0 Å². The standard InChI is InChI=1S/C29H31NO7S.C4H10.C2H6/c1-19-5-3-4-6-23(19)25-16-21(18-36-17-20-8-10-27-22(15-20)11-13-37-27)7-9-24(25)28(31)30-26(29(32)33)12-14-38(2,34)35;1-3-4-2;1-2/h3-10,15-16,26H,11-14,17-18H2,1-2H3,(H,30,31)(H,32,33);3-4H2,1-2H3;1-2H3. The summed E-state index contributed by atoms with van der Waals surface area (Å²) in [5.41, 5.74) is 5.82. The molecule has 240 valence electrons. The normalized spacial score (nSPS) is 12.4. The zero-order chi connectivity index (χ0) is 32.7. The number of aliphatic carboxylic acids is 1. The molecular weight excluding hydrogens is 578 g/mol. The highest BCUT2D eigenvalue weighted by atomic mass is 32.2. The Hall–Kier alpha value is -3.69. The lowest BCUT2D eigenvalue weighted by atomic mass is 9.93. The van der Waals surface area contributed by atoms with E-state index < -0.39 is 27.8 Å². The van der Waals surface area contributed by atoms with E-state index in [-0.39, 0.29) is 12.2 Å². The van der Waals surface area contributed by atoms with Crippen LogP contribution in [0.3, 0.4) is 0 Å². The molecule has 1 aliphatic heterocycles. The lowest BCUT2D eigenvalue weighted by Crippen LogP contribution is -2.42. The van der Waals surface area contributed by atoms with E-state index in [9.17, 15) is 23.1 Å². The first kappa shape index (κ1) is 36.5. The molecule has 1 atom stereocenters. The van der Waals surface area contributed by atoms with Crippen molar-refractivity contribution in [2.24, 2.45) is 0 Å². The van der Waals surface area contributed by atoms with Gasteiger partial charge in [0, 0.05) is 18.2 Å². The lowest BCUT2D eigenvalue weighted by molar-refractivity contribution is -0.139. The van der Waals surface area contributed by atoms with E-state index >= 15 is 0 Å². The number of sulfone groups is 1. The zero-order valence-electron chi connectivity index (χ0n) is 26.8. The van der Waals surface area contributed by atoms with Gasteiger partial charge in [0.05, 0.1) is 25.6 Å². The van der Waals surface area contributed by atoms with Gasteiger partial charge in [-0.15, -0.1) is 0 Å². The first-order valence-electron chi connectivity index (χ1n) is 15.2. The van der Waals surface area contributed by atoms with E-state index in [1.165, 1.54) is 18.4 Å². The second kappa shape index (κ2) is 18.2. The third-order valence-electron chi connectivity index (χ3n) is 6.94. The Labute approximate surface area is 262 Å². The second-order valence-electron chi connectivity index (χ2n) is 10.5. The molecule has 3 aromatic rings. The summed E-state index contributed by atoms with van der Waals surface area (Å²) < 4.78 is 34.6. The molecule has 0 saturated carbocycles. The maximum absolute atomic E-state index is 13.2. The van der Waals surface area contributed by atoms with Crippen LogP contribution in [0, 0.1) is 6.92 Å². The van der Waals surface area contributed by atoms with Crippen LogP contribution in [0.15, 0.2) is 60.7 Å². The van der Waals surface area contributed by atoms with Crippen molar-refractivity contribution in [2.75, 3.05) is 18.6 Å². The van der Waals surface area contributed by atoms with Crippen molar-refractivity contribution in [3.8, 4) is 16.9 Å². The van der Waals surface area contributed by atoms with Crippen molar-refractivity contribution >= 4 is 21.7 Å². The number of fused-ring (bicyclic) bond motifs is 1. The highest BCUT2D eigenvalue weighted by molar-refractivity contribution is 7.90. The van der Waals surface area contributed by atoms with Gasteiger partial charge in [0.15, 0.2) is 0 Å². The quantitative estimate of drug-likeness (QED) is 0.228. The molecule has 4 rings (SSSR count). The van der Waals surface area contributed by atoms with Crippen LogP contribution >= 0.6 is 0 Å². The van der Waals surface area contributed by atoms with Gasteiger partial charge in [0.2, 0.25) is 0 Å². The molecule has 1 heterocycles. The van der Waals surface area contributed by atoms with Gasteiger partial charge in [-0.25, -0.2) is 13.2 Å². The predicted molar refractivity (Wildman–Crippen MR) is 176 cm³/mol. The van der Waals surface area contributed by atoms with E-state index in [2.05, 4.69) is 25.2 Å². The number of unbranched alkanes of at least 4 members (excludes halogenated alkanes) is 1. The number of amides is 1. The SMILES string of the molecule is CC.CCCC.Cc1ccccc1-c1cc(COCc2ccc3c(c2)CCO3)ccc1C(=O)NC(CCS(C)(=O)=O)C(=O)O. The number of carbonyl (C=O) groups excluding carboxylic acids is 1. The van der Waals surface area contributed by atoms with Gasteiger partial charge in [-0.05, 0) is 71.0 Å². The number of carboxylic acid groups (broad SMARTS) is 1. The molecule has 0 saturated heterocycles. The predicted octanol–water partition coefficient (Wildman–Crippen LogP) is 6.76. The molecule has 0 aliphatic carbocycles. The summed E-state index contributed by atoms with van der Waals surface area (Å²) in [7, 11) is -3.38. The second-order valence-corrected chi connectivity index (χ2v) is 12.8. The summed E-state index contributed by atoms with van der Waals surface area (Å²) >= 11 is 0. The minimum atomic E-state index is -3.38. The molecule has 0 fully saturated rings. The Morgan fingerprint density at radius 3 is 2.20 bits per heavy atom. The van der Waals surface area contributed by atoms with Crippen molar-refractivity contribution in [3.05, 3.63) is 88.5 Å². The summed E-state index contributed by atoms with van der Waals surface area (Å²) in [6.07, 6.45) is 4.34. The Balaban J connectivity index is 0.00000104. The molecule has 1 amide bonds. The van der Waals surface area contributed by atoms with Crippen molar-refractivity contribution < 1.29 is 32.6 Å². The maximum Gasteiger partial charge on any atom is 0.326 e. The van der Waals surface area contributed by atoms with Gasteiger partial charge >= 0.3 is 5.97 Å². The zero-order valence-corrected chi connectivity index (χ0v) is 27.6. The average Bonchev–Trinajstić information content (AvgIpc) is 3.48. The van der Waals surface area contributed by atoms with Crippen molar-refractivity contribution in [2.45, 2.75) is 79.6 Å². The summed E-state index contributed by atoms with van der Waals surface area (Å²) in [5.74, 6) is -1.30. The molecule has 0 radical (unpaired) electrons. The first-order chi connectivity index (χ1) is 21.0. The van der Waals surface area contributed by atoms with Gasteiger partial charge in [-0.1, -0.05) is 76.9 Å². The molecule has 1 aliphatic rings. The minimum absolute atomic E-state index is 0.222. The van der Waals surface area contributed by atoms with E-state index in [1.54, 1.807) is 12.1 Å². The molecule has 9 heteroatoms.